The van der Waals surface area contributed by atoms with Gasteiger partial charge in [0.25, 0.3) is 0 Å². The molecule has 3 nitrogen and oxygen atoms in total. The van der Waals surface area contributed by atoms with E-state index in [2.05, 4.69) is 10.6 Å². The van der Waals surface area contributed by atoms with Crippen molar-refractivity contribution in [2.24, 2.45) is 0 Å². The maximum Gasteiger partial charge on any atom is 0.406 e. The summed E-state index contributed by atoms with van der Waals surface area (Å²) in [7, 11) is 0. The van der Waals surface area contributed by atoms with E-state index in [0.29, 0.717) is 0 Å². The van der Waals surface area contributed by atoms with Crippen LogP contribution in [0.5, 0.6) is 0 Å². The Labute approximate surface area is 85.4 Å². The number of carbonyl (C=O) groups excluding carboxylic acids is 1. The predicted molar refractivity (Wildman–Crippen MR) is 47.2 cm³/mol. The molecule has 0 saturated heterocycles. The highest BCUT2D eigenvalue weighted by Crippen LogP contribution is 2.48. The molecular weight excluding hydrogens is 209 g/mol. The van der Waals surface area contributed by atoms with Crippen molar-refractivity contribution in [1.29, 1.82) is 0 Å². The summed E-state index contributed by atoms with van der Waals surface area (Å²) in [5.41, 5.74) is -1.78. The van der Waals surface area contributed by atoms with Gasteiger partial charge in [-0.25, -0.2) is 0 Å². The normalized spacial score (nSPS) is 23.7. The molecule has 0 aromatic heterocycles. The SMILES string of the molecule is O=C(CNC1(C(F)(F)F)CC1)NC1CC1. The maximum atomic E-state index is 12.4. The molecule has 86 valence electrons. The van der Waals surface area contributed by atoms with Gasteiger partial charge in [-0.1, -0.05) is 0 Å². The summed E-state index contributed by atoms with van der Waals surface area (Å²) in [6.07, 6.45) is -2.21. The van der Waals surface area contributed by atoms with Gasteiger partial charge in [-0.15, -0.1) is 0 Å². The average Bonchev–Trinajstić information content (AvgIpc) is 2.95. The molecule has 2 rings (SSSR count). The van der Waals surface area contributed by atoms with Crippen molar-refractivity contribution in [1.82, 2.24) is 10.6 Å². The molecule has 2 aliphatic carbocycles. The summed E-state index contributed by atoms with van der Waals surface area (Å²) in [5.74, 6) is -0.340. The van der Waals surface area contributed by atoms with Crippen LogP contribution in [0.1, 0.15) is 25.7 Å². The lowest BCUT2D eigenvalue weighted by Gasteiger charge is -2.20. The van der Waals surface area contributed by atoms with Crippen LogP contribution in [0.3, 0.4) is 0 Å². The highest BCUT2D eigenvalue weighted by Gasteiger charge is 2.63. The van der Waals surface area contributed by atoms with Crippen LogP contribution >= 0.6 is 0 Å². The second-order valence-corrected chi connectivity index (χ2v) is 4.28. The molecule has 0 aliphatic heterocycles. The summed E-state index contributed by atoms with van der Waals surface area (Å²) in [4.78, 5) is 11.2. The van der Waals surface area contributed by atoms with E-state index in [4.69, 9.17) is 0 Å². The van der Waals surface area contributed by atoms with E-state index in [-0.39, 0.29) is 31.3 Å². The third-order valence-electron chi connectivity index (χ3n) is 2.82. The minimum atomic E-state index is -4.24. The van der Waals surface area contributed by atoms with Crippen LogP contribution in [0.2, 0.25) is 0 Å². The molecule has 0 aromatic rings. The number of nitrogens with one attached hydrogen (secondary N) is 2. The predicted octanol–water partition coefficient (Wildman–Crippen LogP) is 0.949. The largest absolute Gasteiger partial charge is 0.406 e. The standard InChI is InChI=1S/C9H13F3N2O/c10-9(11,12)8(3-4-8)13-5-7(15)14-6-1-2-6/h6,13H,1-5H2,(H,14,15). The van der Waals surface area contributed by atoms with E-state index in [1.807, 2.05) is 0 Å². The van der Waals surface area contributed by atoms with Crippen LogP contribution in [0, 0.1) is 0 Å². The van der Waals surface area contributed by atoms with E-state index >= 15 is 0 Å². The van der Waals surface area contributed by atoms with Crippen LogP contribution in [0.15, 0.2) is 0 Å². The van der Waals surface area contributed by atoms with Gasteiger partial charge in [-0.05, 0) is 25.7 Å². The van der Waals surface area contributed by atoms with Gasteiger partial charge < -0.3 is 5.32 Å². The van der Waals surface area contributed by atoms with Crippen LogP contribution < -0.4 is 10.6 Å². The molecule has 0 heterocycles. The Balaban J connectivity index is 1.75. The second-order valence-electron chi connectivity index (χ2n) is 4.28. The van der Waals surface area contributed by atoms with Crippen LogP contribution in [0.4, 0.5) is 13.2 Å². The summed E-state index contributed by atoms with van der Waals surface area (Å²) >= 11 is 0. The highest BCUT2D eigenvalue weighted by atomic mass is 19.4. The molecule has 6 heteroatoms. The van der Waals surface area contributed by atoms with Crippen LogP contribution in [0.25, 0.3) is 0 Å². The molecule has 0 bridgehead atoms. The number of alkyl halides is 3. The van der Waals surface area contributed by atoms with Gasteiger partial charge in [0.15, 0.2) is 0 Å². The first-order valence-corrected chi connectivity index (χ1v) is 5.04. The Kier molecular flexibility index (Phi) is 2.41. The molecule has 1 amide bonds. The van der Waals surface area contributed by atoms with E-state index < -0.39 is 11.7 Å². The molecule has 0 unspecified atom stereocenters. The highest BCUT2D eigenvalue weighted by molar-refractivity contribution is 5.78. The van der Waals surface area contributed by atoms with Crippen molar-refractivity contribution in [3.05, 3.63) is 0 Å². The fourth-order valence-electron chi connectivity index (χ4n) is 1.44. The zero-order chi connectivity index (χ0) is 11.1. The van der Waals surface area contributed by atoms with Gasteiger partial charge in [-0.3, -0.25) is 10.1 Å². The van der Waals surface area contributed by atoms with Gasteiger partial charge in [0, 0.05) is 6.04 Å². The lowest BCUT2D eigenvalue weighted by atomic mass is 10.2. The number of halogens is 3. The van der Waals surface area contributed by atoms with Gasteiger partial charge >= 0.3 is 6.18 Å². The molecule has 0 aromatic carbocycles. The van der Waals surface area contributed by atoms with E-state index in [9.17, 15) is 18.0 Å². The third kappa shape index (κ3) is 2.42. The summed E-state index contributed by atoms with van der Waals surface area (Å²) < 4.78 is 37.3. The fraction of sp³-hybridized carbons (Fsp3) is 0.889. The topological polar surface area (TPSA) is 41.1 Å². The maximum absolute atomic E-state index is 12.4. The van der Waals surface area contributed by atoms with E-state index in [1.54, 1.807) is 0 Å². The van der Waals surface area contributed by atoms with Gasteiger partial charge in [0.05, 0.1) is 6.54 Å². The average molecular weight is 222 g/mol. The van der Waals surface area contributed by atoms with Crippen molar-refractivity contribution >= 4 is 5.91 Å². The van der Waals surface area contributed by atoms with Gasteiger partial charge in [0.1, 0.15) is 5.54 Å². The molecular formula is C9H13F3N2O. The molecule has 2 saturated carbocycles. The van der Waals surface area contributed by atoms with E-state index in [1.165, 1.54) is 0 Å². The minimum Gasteiger partial charge on any atom is -0.352 e. The van der Waals surface area contributed by atoms with Crippen molar-refractivity contribution in [2.75, 3.05) is 6.54 Å². The molecule has 0 radical (unpaired) electrons. The van der Waals surface area contributed by atoms with Crippen LogP contribution in [-0.4, -0.2) is 30.2 Å². The first-order valence-electron chi connectivity index (χ1n) is 5.04. The number of hydrogen-bond acceptors (Lipinski definition) is 2. The number of amides is 1. The summed E-state index contributed by atoms with van der Waals surface area (Å²) in [5, 5.41) is 4.94. The molecule has 2 N–H and O–H groups in total. The number of hydrogen-bond donors (Lipinski definition) is 2. The molecule has 0 spiro atoms. The Morgan fingerprint density at radius 2 is 1.93 bits per heavy atom. The molecule has 2 aliphatic rings. The second kappa shape index (κ2) is 3.37. The summed E-state index contributed by atoms with van der Waals surface area (Å²) in [6.45, 7) is -0.240. The van der Waals surface area contributed by atoms with Gasteiger partial charge in [-0.2, -0.15) is 13.2 Å². The number of rotatable bonds is 4. The lowest BCUT2D eigenvalue weighted by Crippen LogP contribution is -2.49. The number of carbonyl (C=O) groups is 1. The van der Waals surface area contributed by atoms with Crippen molar-refractivity contribution < 1.29 is 18.0 Å². The first-order chi connectivity index (χ1) is 6.93. The zero-order valence-corrected chi connectivity index (χ0v) is 8.16. The Bertz CT molecular complexity index is 269. The lowest BCUT2D eigenvalue weighted by molar-refractivity contribution is -0.166. The van der Waals surface area contributed by atoms with Crippen molar-refractivity contribution in [2.45, 2.75) is 43.4 Å². The summed E-state index contributed by atoms with van der Waals surface area (Å²) in [6, 6.07) is 0.195. The molecule has 2 fully saturated rings. The molecule has 0 atom stereocenters. The van der Waals surface area contributed by atoms with Crippen molar-refractivity contribution in [3.8, 4) is 0 Å². The zero-order valence-electron chi connectivity index (χ0n) is 8.16. The third-order valence-corrected chi connectivity index (χ3v) is 2.82. The quantitative estimate of drug-likeness (QED) is 0.743. The first kappa shape index (κ1) is 10.7. The monoisotopic (exact) mass is 222 g/mol. The van der Waals surface area contributed by atoms with Gasteiger partial charge in [0.2, 0.25) is 5.91 Å². The van der Waals surface area contributed by atoms with Crippen LogP contribution in [-0.2, 0) is 4.79 Å². The minimum absolute atomic E-state index is 0.0766. The Morgan fingerprint density at radius 1 is 1.33 bits per heavy atom. The molecule has 15 heavy (non-hydrogen) atoms. The Hall–Kier alpha value is -0.780. The van der Waals surface area contributed by atoms with Crippen molar-refractivity contribution in [3.63, 3.8) is 0 Å². The Morgan fingerprint density at radius 3 is 2.33 bits per heavy atom. The van der Waals surface area contributed by atoms with E-state index in [0.717, 1.165) is 12.8 Å². The fourth-order valence-corrected chi connectivity index (χ4v) is 1.44. The smallest absolute Gasteiger partial charge is 0.352 e.